The van der Waals surface area contributed by atoms with E-state index in [1.54, 1.807) is 29.5 Å². The van der Waals surface area contributed by atoms with Gasteiger partial charge in [0.25, 0.3) is 0 Å². The van der Waals surface area contributed by atoms with Crippen LogP contribution in [0.4, 0.5) is 0 Å². The van der Waals surface area contributed by atoms with Crippen LogP contribution < -0.4 is 5.32 Å². The Bertz CT molecular complexity index is 534. The maximum Gasteiger partial charge on any atom is 0.124 e. The number of benzene rings is 1. The minimum absolute atomic E-state index is 0.105. The number of phenols is 2. The molecular formula is C14H18N2O2S. The second-order valence-electron chi connectivity index (χ2n) is 4.39. The highest BCUT2D eigenvalue weighted by Gasteiger charge is 2.14. The number of hydrogen-bond acceptors (Lipinski definition) is 5. The van der Waals surface area contributed by atoms with Crippen molar-refractivity contribution in [2.75, 3.05) is 0 Å². The van der Waals surface area contributed by atoms with Gasteiger partial charge in [0.2, 0.25) is 0 Å². The Morgan fingerprint density at radius 1 is 1.32 bits per heavy atom. The molecule has 0 spiro atoms. The molecule has 0 aliphatic carbocycles. The van der Waals surface area contributed by atoms with Gasteiger partial charge in [-0.15, -0.1) is 11.3 Å². The molecule has 0 saturated heterocycles. The van der Waals surface area contributed by atoms with Gasteiger partial charge in [0, 0.05) is 23.7 Å². The van der Waals surface area contributed by atoms with Gasteiger partial charge in [0.05, 0.1) is 5.56 Å². The number of nitrogens with zero attached hydrogens (tertiary/aromatic N) is 1. The van der Waals surface area contributed by atoms with Gasteiger partial charge in [0.15, 0.2) is 0 Å². The van der Waals surface area contributed by atoms with Crippen molar-refractivity contribution >= 4 is 11.3 Å². The standard InChI is InChI=1S/C14H18N2O2S/c1-3-10-7-16-13(19-10)8-15-9(2)14-11(17)5-4-6-12(14)18/h4-7,9,15,17-18H,3,8H2,1-2H3. The summed E-state index contributed by atoms with van der Waals surface area (Å²) in [5, 5.41) is 23.9. The Morgan fingerprint density at radius 2 is 2.00 bits per heavy atom. The lowest BCUT2D eigenvalue weighted by molar-refractivity contribution is 0.418. The summed E-state index contributed by atoms with van der Waals surface area (Å²) in [5.41, 5.74) is 0.523. The maximum atomic E-state index is 9.79. The van der Waals surface area contributed by atoms with E-state index < -0.39 is 0 Å². The Labute approximate surface area is 116 Å². The molecule has 1 unspecified atom stereocenters. The highest BCUT2D eigenvalue weighted by atomic mass is 32.1. The zero-order chi connectivity index (χ0) is 13.8. The van der Waals surface area contributed by atoms with Gasteiger partial charge in [0.1, 0.15) is 16.5 Å². The van der Waals surface area contributed by atoms with Gasteiger partial charge in [-0.25, -0.2) is 4.98 Å². The van der Waals surface area contributed by atoms with Crippen molar-refractivity contribution in [2.24, 2.45) is 0 Å². The number of nitrogens with one attached hydrogen (secondary N) is 1. The minimum Gasteiger partial charge on any atom is -0.507 e. The molecule has 2 rings (SSSR count). The molecule has 5 heteroatoms. The summed E-state index contributed by atoms with van der Waals surface area (Å²) < 4.78 is 0. The van der Waals surface area contributed by atoms with Crippen LogP contribution in [0.5, 0.6) is 11.5 Å². The number of hydrogen-bond donors (Lipinski definition) is 3. The van der Waals surface area contributed by atoms with E-state index in [0.717, 1.165) is 11.4 Å². The van der Waals surface area contributed by atoms with Crippen LogP contribution in [0.25, 0.3) is 0 Å². The largest absolute Gasteiger partial charge is 0.507 e. The van der Waals surface area contributed by atoms with Gasteiger partial charge >= 0.3 is 0 Å². The van der Waals surface area contributed by atoms with E-state index in [9.17, 15) is 10.2 Å². The first kappa shape index (κ1) is 13.8. The van der Waals surface area contributed by atoms with E-state index in [1.165, 1.54) is 4.88 Å². The van der Waals surface area contributed by atoms with Crippen molar-refractivity contribution in [1.29, 1.82) is 0 Å². The zero-order valence-corrected chi connectivity index (χ0v) is 11.9. The summed E-state index contributed by atoms with van der Waals surface area (Å²) in [6, 6.07) is 4.63. The summed E-state index contributed by atoms with van der Waals surface area (Å²) in [4.78, 5) is 5.59. The Hall–Kier alpha value is -1.59. The molecule has 2 aromatic rings. The molecule has 0 saturated carbocycles. The number of rotatable bonds is 5. The van der Waals surface area contributed by atoms with Crippen LogP contribution in [-0.4, -0.2) is 15.2 Å². The van der Waals surface area contributed by atoms with Crippen LogP contribution in [0.15, 0.2) is 24.4 Å². The Morgan fingerprint density at radius 3 is 2.58 bits per heavy atom. The van der Waals surface area contributed by atoms with Crippen molar-refractivity contribution in [2.45, 2.75) is 32.9 Å². The molecule has 0 bridgehead atoms. The lowest BCUT2D eigenvalue weighted by Gasteiger charge is -2.16. The monoisotopic (exact) mass is 278 g/mol. The lowest BCUT2D eigenvalue weighted by Crippen LogP contribution is -2.18. The Balaban J connectivity index is 2.03. The second-order valence-corrected chi connectivity index (χ2v) is 5.59. The SMILES string of the molecule is CCc1cnc(CNC(C)c2c(O)cccc2O)s1. The minimum atomic E-state index is -0.143. The molecule has 4 nitrogen and oxygen atoms in total. The molecule has 1 aromatic carbocycles. The molecule has 0 amide bonds. The molecule has 1 heterocycles. The van der Waals surface area contributed by atoms with E-state index in [4.69, 9.17) is 0 Å². The molecule has 0 aliphatic rings. The third-order valence-electron chi connectivity index (χ3n) is 3.00. The third-order valence-corrected chi connectivity index (χ3v) is 4.14. The second kappa shape index (κ2) is 6.04. The molecule has 1 atom stereocenters. The van der Waals surface area contributed by atoms with Crippen LogP contribution in [-0.2, 0) is 13.0 Å². The smallest absolute Gasteiger partial charge is 0.124 e. The predicted molar refractivity (Wildman–Crippen MR) is 76.5 cm³/mol. The number of aromatic nitrogens is 1. The highest BCUT2D eigenvalue weighted by molar-refractivity contribution is 7.11. The first-order valence-corrected chi connectivity index (χ1v) is 7.11. The summed E-state index contributed by atoms with van der Waals surface area (Å²) in [6.45, 7) is 4.64. The predicted octanol–water partition coefficient (Wildman–Crippen LogP) is 2.97. The molecule has 1 aromatic heterocycles. The summed E-state index contributed by atoms with van der Waals surface area (Å²) in [6.07, 6.45) is 2.89. The van der Waals surface area contributed by atoms with Crippen molar-refractivity contribution in [3.63, 3.8) is 0 Å². The first-order chi connectivity index (χ1) is 9.11. The summed E-state index contributed by atoms with van der Waals surface area (Å²) in [7, 11) is 0. The quantitative estimate of drug-likeness (QED) is 0.786. The number of aromatic hydroxyl groups is 2. The summed E-state index contributed by atoms with van der Waals surface area (Å²) >= 11 is 1.68. The fourth-order valence-corrected chi connectivity index (χ4v) is 2.73. The molecule has 19 heavy (non-hydrogen) atoms. The van der Waals surface area contributed by atoms with Crippen LogP contribution in [0.2, 0.25) is 0 Å². The van der Waals surface area contributed by atoms with E-state index in [2.05, 4.69) is 17.2 Å². The van der Waals surface area contributed by atoms with Crippen molar-refractivity contribution in [1.82, 2.24) is 10.3 Å². The van der Waals surface area contributed by atoms with Crippen molar-refractivity contribution in [3.05, 3.63) is 39.8 Å². The first-order valence-electron chi connectivity index (χ1n) is 6.29. The van der Waals surface area contributed by atoms with Crippen molar-refractivity contribution in [3.8, 4) is 11.5 Å². The maximum absolute atomic E-state index is 9.79. The molecule has 0 radical (unpaired) electrons. The average Bonchev–Trinajstić information content (AvgIpc) is 2.84. The van der Waals surface area contributed by atoms with Crippen LogP contribution >= 0.6 is 11.3 Å². The Kier molecular flexibility index (Phi) is 4.39. The van der Waals surface area contributed by atoms with Gasteiger partial charge in [-0.1, -0.05) is 13.0 Å². The molecule has 0 fully saturated rings. The molecule has 102 valence electrons. The fraction of sp³-hybridized carbons (Fsp3) is 0.357. The number of thiazole rings is 1. The van der Waals surface area contributed by atoms with Gasteiger partial charge in [-0.2, -0.15) is 0 Å². The number of aryl methyl sites for hydroxylation is 1. The van der Waals surface area contributed by atoms with Crippen LogP contribution in [0, 0.1) is 0 Å². The number of phenolic OH excluding ortho intramolecular Hbond substituents is 2. The summed E-state index contributed by atoms with van der Waals surface area (Å²) in [5.74, 6) is 0.210. The molecule has 3 N–H and O–H groups in total. The van der Waals surface area contributed by atoms with Gasteiger partial charge < -0.3 is 15.5 Å². The van der Waals surface area contributed by atoms with Gasteiger partial charge in [-0.3, -0.25) is 0 Å². The van der Waals surface area contributed by atoms with Gasteiger partial charge in [-0.05, 0) is 25.5 Å². The van der Waals surface area contributed by atoms with E-state index in [1.807, 2.05) is 13.1 Å². The van der Waals surface area contributed by atoms with E-state index in [-0.39, 0.29) is 17.5 Å². The van der Waals surface area contributed by atoms with Crippen LogP contribution in [0.1, 0.15) is 35.3 Å². The highest BCUT2D eigenvalue weighted by Crippen LogP contribution is 2.32. The average molecular weight is 278 g/mol. The topological polar surface area (TPSA) is 65.4 Å². The van der Waals surface area contributed by atoms with Crippen LogP contribution in [0.3, 0.4) is 0 Å². The van der Waals surface area contributed by atoms with Crippen molar-refractivity contribution < 1.29 is 10.2 Å². The zero-order valence-electron chi connectivity index (χ0n) is 11.1. The molecular weight excluding hydrogens is 260 g/mol. The lowest BCUT2D eigenvalue weighted by atomic mass is 10.1. The van der Waals surface area contributed by atoms with E-state index in [0.29, 0.717) is 12.1 Å². The molecule has 0 aliphatic heterocycles. The van der Waals surface area contributed by atoms with E-state index >= 15 is 0 Å². The fourth-order valence-electron chi connectivity index (χ4n) is 1.92. The third kappa shape index (κ3) is 3.24. The normalized spacial score (nSPS) is 12.5.